The van der Waals surface area contributed by atoms with Crippen molar-refractivity contribution in [3.05, 3.63) is 40.5 Å². The molecule has 0 aliphatic rings. The van der Waals surface area contributed by atoms with Gasteiger partial charge in [-0.05, 0) is 47.5 Å². The molecule has 8 heteroatoms. The normalized spacial score (nSPS) is 11.6. The van der Waals surface area contributed by atoms with E-state index in [1.807, 2.05) is 6.92 Å². The summed E-state index contributed by atoms with van der Waals surface area (Å²) in [6.07, 6.45) is 2.36. The standard InChI is InChI=1S/C13H15BrFN3O2S/c1-3-6-18-8-13(16-9(18)2)21(19,20)17-12-7-10(15)4-5-11(12)14/h4-5,7-8,17H,3,6H2,1-2H3. The number of benzene rings is 1. The van der Waals surface area contributed by atoms with Crippen LogP contribution in [0.2, 0.25) is 0 Å². The van der Waals surface area contributed by atoms with Crippen molar-refractivity contribution < 1.29 is 12.8 Å². The van der Waals surface area contributed by atoms with Crippen LogP contribution in [0.5, 0.6) is 0 Å². The van der Waals surface area contributed by atoms with Crippen molar-refractivity contribution in [2.24, 2.45) is 0 Å². The minimum Gasteiger partial charge on any atom is -0.334 e. The third kappa shape index (κ3) is 3.62. The van der Waals surface area contributed by atoms with Crippen LogP contribution in [0.3, 0.4) is 0 Å². The molecule has 0 fully saturated rings. The largest absolute Gasteiger partial charge is 0.334 e. The zero-order valence-corrected chi connectivity index (χ0v) is 14.0. The van der Waals surface area contributed by atoms with Crippen LogP contribution >= 0.6 is 15.9 Å². The van der Waals surface area contributed by atoms with Gasteiger partial charge in [-0.2, -0.15) is 8.42 Å². The average Bonchev–Trinajstić information content (AvgIpc) is 2.77. The van der Waals surface area contributed by atoms with Gasteiger partial charge >= 0.3 is 0 Å². The number of rotatable bonds is 5. The van der Waals surface area contributed by atoms with E-state index in [0.29, 0.717) is 16.8 Å². The number of nitrogens with zero attached hydrogens (tertiary/aromatic N) is 2. The smallest absolute Gasteiger partial charge is 0.280 e. The van der Waals surface area contributed by atoms with Crippen LogP contribution in [0, 0.1) is 12.7 Å². The Balaban J connectivity index is 2.34. The molecular formula is C13H15BrFN3O2S. The monoisotopic (exact) mass is 375 g/mol. The molecule has 2 rings (SSSR count). The quantitative estimate of drug-likeness (QED) is 0.871. The summed E-state index contributed by atoms with van der Waals surface area (Å²) >= 11 is 3.18. The van der Waals surface area contributed by atoms with Crippen LogP contribution in [-0.2, 0) is 16.6 Å². The van der Waals surface area contributed by atoms with E-state index in [1.165, 1.54) is 18.3 Å². The molecule has 0 aliphatic heterocycles. The number of imidazole rings is 1. The highest BCUT2D eigenvalue weighted by atomic mass is 79.9. The third-order valence-corrected chi connectivity index (χ3v) is 4.79. The number of sulfonamides is 1. The molecule has 5 nitrogen and oxygen atoms in total. The topological polar surface area (TPSA) is 64.0 Å². The number of aryl methyl sites for hydroxylation is 2. The lowest BCUT2D eigenvalue weighted by Crippen LogP contribution is -2.14. The van der Waals surface area contributed by atoms with Crippen molar-refractivity contribution in [1.82, 2.24) is 9.55 Å². The summed E-state index contributed by atoms with van der Waals surface area (Å²) in [5.74, 6) is 0.0964. The molecule has 0 saturated carbocycles. The SMILES string of the molecule is CCCn1cc(S(=O)(=O)Nc2cc(F)ccc2Br)nc1C. The van der Waals surface area contributed by atoms with Crippen molar-refractivity contribution >= 4 is 31.6 Å². The Kier molecular flexibility index (Phi) is 4.67. The number of hydrogen-bond acceptors (Lipinski definition) is 3. The maximum absolute atomic E-state index is 13.2. The number of aromatic nitrogens is 2. The number of nitrogens with one attached hydrogen (secondary N) is 1. The lowest BCUT2D eigenvalue weighted by molar-refractivity contribution is 0.597. The zero-order chi connectivity index (χ0) is 15.6. The van der Waals surface area contributed by atoms with Crippen LogP contribution in [0.25, 0.3) is 0 Å². The van der Waals surface area contributed by atoms with Crippen molar-refractivity contribution in [3.8, 4) is 0 Å². The van der Waals surface area contributed by atoms with E-state index < -0.39 is 15.8 Å². The van der Waals surface area contributed by atoms with Gasteiger partial charge in [0.05, 0.1) is 5.69 Å². The third-order valence-electron chi connectivity index (χ3n) is 2.87. The summed E-state index contributed by atoms with van der Waals surface area (Å²) in [5.41, 5.74) is 0.137. The average molecular weight is 376 g/mol. The first-order chi connectivity index (χ1) is 9.83. The molecule has 0 radical (unpaired) electrons. The highest BCUT2D eigenvalue weighted by molar-refractivity contribution is 9.10. The first-order valence-corrected chi connectivity index (χ1v) is 8.62. The van der Waals surface area contributed by atoms with E-state index in [4.69, 9.17) is 0 Å². The van der Waals surface area contributed by atoms with Gasteiger partial charge in [-0.3, -0.25) is 4.72 Å². The van der Waals surface area contributed by atoms with Crippen LogP contribution in [0.4, 0.5) is 10.1 Å². The molecule has 1 aromatic heterocycles. The second-order valence-corrected chi connectivity index (χ2v) is 7.03. The molecule has 2 aromatic rings. The van der Waals surface area contributed by atoms with E-state index >= 15 is 0 Å². The Morgan fingerprint density at radius 1 is 1.43 bits per heavy atom. The van der Waals surface area contributed by atoms with Crippen molar-refractivity contribution in [3.63, 3.8) is 0 Å². The minimum atomic E-state index is -3.85. The Hall–Kier alpha value is -1.41. The summed E-state index contributed by atoms with van der Waals surface area (Å²) in [6.45, 7) is 4.43. The Bertz CT molecular complexity index is 759. The lowest BCUT2D eigenvalue weighted by Gasteiger charge is -2.07. The zero-order valence-electron chi connectivity index (χ0n) is 11.6. The maximum Gasteiger partial charge on any atom is 0.280 e. The molecule has 0 atom stereocenters. The molecule has 21 heavy (non-hydrogen) atoms. The number of halogens is 2. The summed E-state index contributed by atoms with van der Waals surface area (Å²) in [4.78, 5) is 4.05. The molecule has 1 aromatic carbocycles. The molecule has 114 valence electrons. The minimum absolute atomic E-state index is 0.0791. The van der Waals surface area contributed by atoms with Gasteiger partial charge in [0.25, 0.3) is 10.0 Å². The molecule has 1 N–H and O–H groups in total. The van der Waals surface area contributed by atoms with E-state index in [9.17, 15) is 12.8 Å². The van der Waals surface area contributed by atoms with Gasteiger partial charge in [0.1, 0.15) is 11.6 Å². The van der Waals surface area contributed by atoms with E-state index in [0.717, 1.165) is 12.5 Å². The molecular weight excluding hydrogens is 361 g/mol. The molecule has 0 saturated heterocycles. The summed E-state index contributed by atoms with van der Waals surface area (Å²) in [7, 11) is -3.85. The molecule has 0 unspecified atom stereocenters. The van der Waals surface area contributed by atoms with Crippen molar-refractivity contribution in [2.45, 2.75) is 31.8 Å². The molecule has 0 aliphatic carbocycles. The van der Waals surface area contributed by atoms with Crippen molar-refractivity contribution in [1.29, 1.82) is 0 Å². The molecule has 0 bridgehead atoms. The van der Waals surface area contributed by atoms with Crippen LogP contribution in [0.1, 0.15) is 19.2 Å². The highest BCUT2D eigenvalue weighted by Crippen LogP contribution is 2.25. The van der Waals surface area contributed by atoms with Crippen LogP contribution in [-0.4, -0.2) is 18.0 Å². The Morgan fingerprint density at radius 2 is 2.14 bits per heavy atom. The van der Waals surface area contributed by atoms with Gasteiger partial charge < -0.3 is 4.57 Å². The van der Waals surface area contributed by atoms with E-state index in [-0.39, 0.29) is 10.7 Å². The second kappa shape index (κ2) is 6.15. The number of hydrogen-bond donors (Lipinski definition) is 1. The van der Waals surface area contributed by atoms with Gasteiger partial charge in [-0.15, -0.1) is 0 Å². The summed E-state index contributed by atoms with van der Waals surface area (Å²) < 4.78 is 42.4. The molecule has 0 amide bonds. The first-order valence-electron chi connectivity index (χ1n) is 6.35. The van der Waals surface area contributed by atoms with Crippen molar-refractivity contribution in [2.75, 3.05) is 4.72 Å². The summed E-state index contributed by atoms with van der Waals surface area (Å²) in [5, 5.41) is -0.0791. The Morgan fingerprint density at radius 3 is 2.81 bits per heavy atom. The van der Waals surface area contributed by atoms with Gasteiger partial charge in [0.2, 0.25) is 0 Å². The predicted octanol–water partition coefficient (Wildman–Crippen LogP) is 3.30. The number of anilines is 1. The molecule has 1 heterocycles. The van der Waals surface area contributed by atoms with Gasteiger partial charge in [-0.1, -0.05) is 6.92 Å². The molecule has 0 spiro atoms. The van der Waals surface area contributed by atoms with Crippen LogP contribution < -0.4 is 4.72 Å². The lowest BCUT2D eigenvalue weighted by atomic mass is 10.3. The fraction of sp³-hybridized carbons (Fsp3) is 0.308. The predicted molar refractivity (Wildman–Crippen MR) is 82.2 cm³/mol. The maximum atomic E-state index is 13.2. The summed E-state index contributed by atoms with van der Waals surface area (Å²) in [6, 6.07) is 3.79. The first kappa shape index (κ1) is 16.0. The fourth-order valence-electron chi connectivity index (χ4n) is 1.85. The van der Waals surface area contributed by atoms with Gasteiger partial charge in [0, 0.05) is 17.2 Å². The van der Waals surface area contributed by atoms with Crippen LogP contribution in [0.15, 0.2) is 33.9 Å². The second-order valence-electron chi connectivity index (χ2n) is 4.55. The van der Waals surface area contributed by atoms with E-state index in [1.54, 1.807) is 11.5 Å². The van der Waals surface area contributed by atoms with E-state index in [2.05, 4.69) is 25.6 Å². The fourth-order valence-corrected chi connectivity index (χ4v) is 3.41. The van der Waals surface area contributed by atoms with Gasteiger partial charge in [0.15, 0.2) is 5.03 Å². The van der Waals surface area contributed by atoms with Gasteiger partial charge in [-0.25, -0.2) is 9.37 Å². The Labute approximate surface area is 131 Å². The highest BCUT2D eigenvalue weighted by Gasteiger charge is 2.20.